The Labute approximate surface area is 113 Å². The zero-order chi connectivity index (χ0) is 13.1. The van der Waals surface area contributed by atoms with Crippen molar-refractivity contribution in [3.05, 3.63) is 63.6 Å². The third kappa shape index (κ3) is 2.92. The summed E-state index contributed by atoms with van der Waals surface area (Å²) in [7, 11) is 0. The van der Waals surface area contributed by atoms with Gasteiger partial charge >= 0.3 is 0 Å². The number of hydrogen-bond donors (Lipinski definition) is 1. The van der Waals surface area contributed by atoms with Gasteiger partial charge in [-0.25, -0.2) is 8.78 Å². The summed E-state index contributed by atoms with van der Waals surface area (Å²) in [6.45, 7) is 0.134. The third-order valence-electron chi connectivity index (χ3n) is 2.45. The van der Waals surface area contributed by atoms with E-state index in [1.165, 1.54) is 30.3 Å². The van der Waals surface area contributed by atoms with Gasteiger partial charge in [-0.3, -0.25) is 0 Å². The van der Waals surface area contributed by atoms with Crippen molar-refractivity contribution >= 4 is 28.9 Å². The molecule has 0 aliphatic carbocycles. The normalized spacial score (nSPS) is 10.4. The van der Waals surface area contributed by atoms with Crippen LogP contribution in [0.15, 0.2) is 36.4 Å². The van der Waals surface area contributed by atoms with Crippen LogP contribution in [0.25, 0.3) is 0 Å². The van der Waals surface area contributed by atoms with Crippen molar-refractivity contribution in [1.29, 1.82) is 0 Å². The van der Waals surface area contributed by atoms with E-state index in [0.29, 0.717) is 21.3 Å². The maximum absolute atomic E-state index is 13.5. The van der Waals surface area contributed by atoms with E-state index in [0.717, 1.165) is 0 Å². The van der Waals surface area contributed by atoms with E-state index < -0.39 is 11.6 Å². The van der Waals surface area contributed by atoms with Gasteiger partial charge in [-0.15, -0.1) is 0 Å². The molecule has 0 amide bonds. The second-order valence-electron chi connectivity index (χ2n) is 3.68. The number of benzene rings is 2. The predicted octanol–water partition coefficient (Wildman–Crippen LogP) is 4.88. The number of halogens is 4. The molecule has 94 valence electrons. The Kier molecular flexibility index (Phi) is 4.04. The molecule has 0 atom stereocenters. The second kappa shape index (κ2) is 5.55. The Morgan fingerprint density at radius 3 is 2.50 bits per heavy atom. The number of rotatable bonds is 3. The molecule has 5 heteroatoms. The topological polar surface area (TPSA) is 12.0 Å². The molecule has 0 heterocycles. The Morgan fingerprint density at radius 2 is 1.78 bits per heavy atom. The maximum Gasteiger partial charge on any atom is 0.129 e. The van der Waals surface area contributed by atoms with Gasteiger partial charge in [-0.05, 0) is 30.3 Å². The average Bonchev–Trinajstić information content (AvgIpc) is 2.33. The van der Waals surface area contributed by atoms with Crippen LogP contribution >= 0.6 is 23.2 Å². The zero-order valence-corrected chi connectivity index (χ0v) is 10.7. The molecule has 0 saturated heterocycles. The molecular weight excluding hydrogens is 279 g/mol. The van der Waals surface area contributed by atoms with E-state index in [1.54, 1.807) is 6.07 Å². The van der Waals surface area contributed by atoms with Gasteiger partial charge in [-0.2, -0.15) is 0 Å². The molecule has 0 bridgehead atoms. The summed E-state index contributed by atoms with van der Waals surface area (Å²) in [5.41, 5.74) is 0.718. The minimum absolute atomic E-state index is 0.134. The Hall–Kier alpha value is -1.32. The van der Waals surface area contributed by atoms with Gasteiger partial charge in [0.05, 0.1) is 10.7 Å². The lowest BCUT2D eigenvalue weighted by molar-refractivity contribution is 0.613. The van der Waals surface area contributed by atoms with Crippen molar-refractivity contribution in [1.82, 2.24) is 0 Å². The highest BCUT2D eigenvalue weighted by atomic mass is 35.5. The summed E-state index contributed by atoms with van der Waals surface area (Å²) in [4.78, 5) is 0. The highest BCUT2D eigenvalue weighted by Gasteiger charge is 2.08. The lowest BCUT2D eigenvalue weighted by atomic mass is 10.2. The van der Waals surface area contributed by atoms with Crippen LogP contribution < -0.4 is 5.32 Å². The predicted molar refractivity (Wildman–Crippen MR) is 70.1 cm³/mol. The molecule has 0 radical (unpaired) electrons. The van der Waals surface area contributed by atoms with Crippen LogP contribution in [0, 0.1) is 11.6 Å². The van der Waals surface area contributed by atoms with Crippen LogP contribution in [0.3, 0.4) is 0 Å². The molecule has 0 spiro atoms. The van der Waals surface area contributed by atoms with Crippen LogP contribution in [-0.2, 0) is 6.54 Å². The lowest BCUT2D eigenvalue weighted by Crippen LogP contribution is -2.03. The largest absolute Gasteiger partial charge is 0.380 e. The summed E-state index contributed by atoms with van der Waals surface area (Å²) < 4.78 is 26.5. The zero-order valence-electron chi connectivity index (χ0n) is 9.18. The molecule has 0 aromatic heterocycles. The molecule has 0 fully saturated rings. The quantitative estimate of drug-likeness (QED) is 0.848. The fraction of sp³-hybridized carbons (Fsp3) is 0.0769. The lowest BCUT2D eigenvalue weighted by Gasteiger charge is -2.10. The summed E-state index contributed by atoms with van der Waals surface area (Å²) in [6.07, 6.45) is 0. The fourth-order valence-electron chi connectivity index (χ4n) is 1.52. The number of anilines is 1. The van der Waals surface area contributed by atoms with Crippen molar-refractivity contribution in [2.45, 2.75) is 6.54 Å². The number of nitrogens with one attached hydrogen (secondary N) is 1. The summed E-state index contributed by atoms with van der Waals surface area (Å²) >= 11 is 11.8. The molecule has 0 aliphatic rings. The van der Waals surface area contributed by atoms with Crippen LogP contribution in [0.1, 0.15) is 5.56 Å². The smallest absolute Gasteiger partial charge is 0.129 e. The van der Waals surface area contributed by atoms with Crippen molar-refractivity contribution in [2.24, 2.45) is 0 Å². The van der Waals surface area contributed by atoms with Gasteiger partial charge in [0.1, 0.15) is 11.6 Å². The molecule has 18 heavy (non-hydrogen) atoms. The summed E-state index contributed by atoms with van der Waals surface area (Å²) in [5.74, 6) is -0.830. The molecule has 2 rings (SSSR count). The number of hydrogen-bond acceptors (Lipinski definition) is 1. The van der Waals surface area contributed by atoms with Gasteiger partial charge < -0.3 is 5.32 Å². The van der Waals surface area contributed by atoms with Gasteiger partial charge in [0.25, 0.3) is 0 Å². The van der Waals surface area contributed by atoms with E-state index in [-0.39, 0.29) is 6.54 Å². The average molecular weight is 288 g/mol. The Balaban J connectivity index is 2.19. The molecular formula is C13H9Cl2F2N. The van der Waals surface area contributed by atoms with Crippen molar-refractivity contribution in [2.75, 3.05) is 5.32 Å². The Bertz CT molecular complexity index is 553. The van der Waals surface area contributed by atoms with Gasteiger partial charge in [0.2, 0.25) is 0 Å². The first-order valence-electron chi connectivity index (χ1n) is 5.20. The first-order chi connectivity index (χ1) is 8.58. The van der Waals surface area contributed by atoms with Crippen LogP contribution in [-0.4, -0.2) is 0 Å². The van der Waals surface area contributed by atoms with Crippen molar-refractivity contribution < 1.29 is 8.78 Å². The molecule has 0 saturated carbocycles. The Morgan fingerprint density at radius 1 is 1.00 bits per heavy atom. The SMILES string of the molecule is Fc1ccc(Cl)c(NCc2c(F)cccc2Cl)c1. The van der Waals surface area contributed by atoms with E-state index >= 15 is 0 Å². The monoisotopic (exact) mass is 287 g/mol. The van der Waals surface area contributed by atoms with Crippen molar-refractivity contribution in [3.8, 4) is 0 Å². The standard InChI is InChI=1S/C13H9Cl2F2N/c14-10-2-1-3-12(17)9(10)7-18-13-6-8(16)4-5-11(13)15/h1-6,18H,7H2. The van der Waals surface area contributed by atoms with E-state index in [9.17, 15) is 8.78 Å². The van der Waals surface area contributed by atoms with E-state index in [4.69, 9.17) is 23.2 Å². The van der Waals surface area contributed by atoms with Gasteiger partial charge in [0, 0.05) is 17.1 Å². The maximum atomic E-state index is 13.5. The minimum Gasteiger partial charge on any atom is -0.380 e. The molecule has 2 aromatic carbocycles. The molecule has 1 N–H and O–H groups in total. The molecule has 0 unspecified atom stereocenters. The fourth-order valence-corrected chi connectivity index (χ4v) is 1.93. The van der Waals surface area contributed by atoms with Gasteiger partial charge in [-0.1, -0.05) is 29.3 Å². The molecule has 0 aliphatic heterocycles. The molecule has 1 nitrogen and oxygen atoms in total. The van der Waals surface area contributed by atoms with Crippen LogP contribution in [0.2, 0.25) is 10.0 Å². The van der Waals surface area contributed by atoms with E-state index in [1.807, 2.05) is 0 Å². The van der Waals surface area contributed by atoms with Crippen LogP contribution in [0.5, 0.6) is 0 Å². The van der Waals surface area contributed by atoms with Gasteiger partial charge in [0.15, 0.2) is 0 Å². The second-order valence-corrected chi connectivity index (χ2v) is 4.49. The molecule has 2 aromatic rings. The highest BCUT2D eigenvalue weighted by molar-refractivity contribution is 6.33. The first-order valence-corrected chi connectivity index (χ1v) is 5.95. The van der Waals surface area contributed by atoms with Crippen LogP contribution in [0.4, 0.5) is 14.5 Å². The summed E-state index contributed by atoms with van der Waals surface area (Å²) in [6, 6.07) is 8.37. The highest BCUT2D eigenvalue weighted by Crippen LogP contribution is 2.25. The minimum atomic E-state index is -0.415. The first kappa shape index (κ1) is 13.1. The van der Waals surface area contributed by atoms with Crippen molar-refractivity contribution in [3.63, 3.8) is 0 Å². The van der Waals surface area contributed by atoms with E-state index in [2.05, 4.69) is 5.32 Å². The summed E-state index contributed by atoms with van der Waals surface area (Å²) in [5, 5.41) is 3.53. The third-order valence-corrected chi connectivity index (χ3v) is 3.13.